The maximum Gasteiger partial charge on any atom is 0.213 e. The van der Waals surface area contributed by atoms with Crippen LogP contribution < -0.4 is 5.14 Å². The standard InChI is InChI=1S/C11H20N2O2S/c1-8(10(3)14)6-11(4,5)7-9(2)13-16(12)15/h6H,7,12H2,1-5H3. The van der Waals surface area contributed by atoms with Crippen molar-refractivity contribution in [2.75, 3.05) is 0 Å². The molecule has 0 aromatic heterocycles. The second kappa shape index (κ2) is 6.06. The molecule has 1 atom stereocenters. The summed E-state index contributed by atoms with van der Waals surface area (Å²) in [7, 11) is 0. The highest BCUT2D eigenvalue weighted by atomic mass is 32.2. The van der Waals surface area contributed by atoms with E-state index in [1.807, 2.05) is 19.9 Å². The molecule has 0 bridgehead atoms. The number of Topliss-reactive ketones (excluding diaryl/α,β-unsaturated/α-hetero) is 1. The van der Waals surface area contributed by atoms with Gasteiger partial charge in [-0.3, -0.25) is 4.79 Å². The van der Waals surface area contributed by atoms with Gasteiger partial charge in [0.15, 0.2) is 5.78 Å². The number of ketones is 1. The third kappa shape index (κ3) is 6.63. The van der Waals surface area contributed by atoms with Gasteiger partial charge in [-0.2, -0.15) is 4.40 Å². The number of hydrogen-bond donors (Lipinski definition) is 1. The number of allylic oxidation sites excluding steroid dienone is 2. The van der Waals surface area contributed by atoms with Crippen molar-refractivity contribution in [3.8, 4) is 0 Å². The quantitative estimate of drug-likeness (QED) is 0.593. The Bertz CT molecular complexity index is 357. The van der Waals surface area contributed by atoms with E-state index in [1.54, 1.807) is 13.8 Å². The van der Waals surface area contributed by atoms with Crippen molar-refractivity contribution >= 4 is 22.7 Å². The number of hydrogen-bond acceptors (Lipinski definition) is 2. The first-order valence-corrected chi connectivity index (χ1v) is 6.22. The largest absolute Gasteiger partial charge is 0.295 e. The molecule has 0 aliphatic carbocycles. The van der Waals surface area contributed by atoms with Crippen LogP contribution in [-0.2, 0) is 16.0 Å². The minimum absolute atomic E-state index is 0.0602. The molecule has 0 aliphatic rings. The molecule has 0 amide bonds. The van der Waals surface area contributed by atoms with Crippen LogP contribution in [0.1, 0.15) is 41.0 Å². The SMILES string of the molecule is CC(=O)C(C)=CC(C)(C)CC(C)=NS(N)=O. The van der Waals surface area contributed by atoms with E-state index in [4.69, 9.17) is 5.14 Å². The van der Waals surface area contributed by atoms with Gasteiger partial charge in [-0.15, -0.1) is 0 Å². The minimum Gasteiger partial charge on any atom is -0.295 e. The van der Waals surface area contributed by atoms with Crippen LogP contribution in [0.3, 0.4) is 0 Å². The van der Waals surface area contributed by atoms with E-state index in [1.165, 1.54) is 6.92 Å². The molecule has 0 saturated heterocycles. The van der Waals surface area contributed by atoms with Gasteiger partial charge < -0.3 is 0 Å². The molecule has 0 saturated carbocycles. The topological polar surface area (TPSA) is 72.5 Å². The molecule has 0 aromatic carbocycles. The Morgan fingerprint density at radius 2 is 1.88 bits per heavy atom. The molecule has 0 spiro atoms. The van der Waals surface area contributed by atoms with Crippen LogP contribution in [-0.4, -0.2) is 15.7 Å². The van der Waals surface area contributed by atoms with Crippen LogP contribution in [0.2, 0.25) is 0 Å². The van der Waals surface area contributed by atoms with Crippen LogP contribution >= 0.6 is 0 Å². The van der Waals surface area contributed by atoms with E-state index in [-0.39, 0.29) is 11.2 Å². The molecule has 1 unspecified atom stereocenters. The molecule has 0 fully saturated rings. The molecule has 4 nitrogen and oxygen atoms in total. The summed E-state index contributed by atoms with van der Waals surface area (Å²) >= 11 is -1.65. The van der Waals surface area contributed by atoms with Crippen molar-refractivity contribution in [1.29, 1.82) is 0 Å². The van der Waals surface area contributed by atoms with Crippen LogP contribution in [0, 0.1) is 5.41 Å². The monoisotopic (exact) mass is 244 g/mol. The second-order valence-corrected chi connectivity index (χ2v) is 5.39. The van der Waals surface area contributed by atoms with Crippen molar-refractivity contribution in [2.24, 2.45) is 15.0 Å². The summed E-state index contributed by atoms with van der Waals surface area (Å²) < 4.78 is 14.5. The third-order valence-electron chi connectivity index (χ3n) is 2.12. The zero-order valence-electron chi connectivity index (χ0n) is 10.5. The normalized spacial score (nSPS) is 16.1. The van der Waals surface area contributed by atoms with E-state index < -0.39 is 11.2 Å². The van der Waals surface area contributed by atoms with Gasteiger partial charge in [0, 0.05) is 5.71 Å². The van der Waals surface area contributed by atoms with Crippen molar-refractivity contribution in [2.45, 2.75) is 41.0 Å². The summed E-state index contributed by atoms with van der Waals surface area (Å²) in [4.78, 5) is 11.1. The molecule has 0 rings (SSSR count). The Morgan fingerprint density at radius 3 is 2.25 bits per heavy atom. The lowest BCUT2D eigenvalue weighted by atomic mass is 9.85. The highest BCUT2D eigenvalue weighted by Crippen LogP contribution is 2.25. The Hall–Kier alpha value is -0.810. The number of carbonyl (C=O) groups excluding carboxylic acids is 1. The van der Waals surface area contributed by atoms with Gasteiger partial charge in [-0.25, -0.2) is 9.35 Å². The summed E-state index contributed by atoms with van der Waals surface area (Å²) in [5.41, 5.74) is 1.26. The first-order chi connectivity index (χ1) is 7.14. The molecule has 2 N–H and O–H groups in total. The van der Waals surface area contributed by atoms with Crippen molar-refractivity contribution in [1.82, 2.24) is 0 Å². The lowest BCUT2D eigenvalue weighted by molar-refractivity contribution is -0.113. The smallest absolute Gasteiger partial charge is 0.213 e. The first kappa shape index (κ1) is 15.2. The third-order valence-corrected chi connectivity index (χ3v) is 2.61. The average Bonchev–Trinajstić information content (AvgIpc) is 1.98. The zero-order valence-corrected chi connectivity index (χ0v) is 11.4. The first-order valence-electron chi connectivity index (χ1n) is 5.05. The summed E-state index contributed by atoms with van der Waals surface area (Å²) in [6.45, 7) is 9.11. The average molecular weight is 244 g/mol. The van der Waals surface area contributed by atoms with Crippen LogP contribution in [0.4, 0.5) is 0 Å². The van der Waals surface area contributed by atoms with Gasteiger partial charge in [0.2, 0.25) is 11.2 Å². The fraction of sp³-hybridized carbons (Fsp3) is 0.636. The fourth-order valence-corrected chi connectivity index (χ4v) is 1.96. The van der Waals surface area contributed by atoms with Crippen LogP contribution in [0.15, 0.2) is 16.0 Å². The van der Waals surface area contributed by atoms with Gasteiger partial charge in [0.1, 0.15) is 0 Å². The molecule has 0 radical (unpaired) electrons. The fourth-order valence-electron chi connectivity index (χ4n) is 1.58. The highest BCUT2D eigenvalue weighted by Gasteiger charge is 2.17. The number of nitrogens with two attached hydrogens (primary N) is 1. The molecule has 0 heterocycles. The maximum absolute atomic E-state index is 11.1. The molecule has 92 valence electrons. The summed E-state index contributed by atoms with van der Waals surface area (Å²) in [6.07, 6.45) is 2.54. The van der Waals surface area contributed by atoms with Gasteiger partial charge in [0.05, 0.1) is 0 Å². The molecule has 0 aliphatic heterocycles. The predicted molar refractivity (Wildman–Crippen MR) is 68.3 cm³/mol. The number of nitrogens with zero attached hydrogens (tertiary/aromatic N) is 1. The highest BCUT2D eigenvalue weighted by molar-refractivity contribution is 7.81. The van der Waals surface area contributed by atoms with E-state index in [0.717, 1.165) is 11.3 Å². The summed E-state index contributed by atoms with van der Waals surface area (Å²) in [6, 6.07) is 0. The lowest BCUT2D eigenvalue weighted by Gasteiger charge is -2.20. The number of carbonyl (C=O) groups is 1. The van der Waals surface area contributed by atoms with Crippen molar-refractivity contribution in [3.05, 3.63) is 11.6 Å². The summed E-state index contributed by atoms with van der Waals surface area (Å²) in [5.74, 6) is 0.0602. The zero-order chi connectivity index (χ0) is 12.9. The van der Waals surface area contributed by atoms with Gasteiger partial charge in [-0.05, 0) is 38.2 Å². The molecule has 16 heavy (non-hydrogen) atoms. The Balaban J connectivity index is 4.77. The van der Waals surface area contributed by atoms with E-state index in [2.05, 4.69) is 4.40 Å². The van der Waals surface area contributed by atoms with Gasteiger partial charge in [0.25, 0.3) is 0 Å². The Labute approximate surface area is 99.7 Å². The lowest BCUT2D eigenvalue weighted by Crippen LogP contribution is -2.15. The maximum atomic E-state index is 11.1. The predicted octanol–water partition coefficient (Wildman–Crippen LogP) is 1.94. The number of rotatable bonds is 5. The summed E-state index contributed by atoms with van der Waals surface area (Å²) in [5, 5.41) is 5.08. The Morgan fingerprint density at radius 1 is 1.38 bits per heavy atom. The molecular weight excluding hydrogens is 224 g/mol. The second-order valence-electron chi connectivity index (χ2n) is 4.65. The van der Waals surface area contributed by atoms with E-state index in [0.29, 0.717) is 6.42 Å². The van der Waals surface area contributed by atoms with Crippen LogP contribution in [0.25, 0.3) is 0 Å². The van der Waals surface area contributed by atoms with Gasteiger partial charge >= 0.3 is 0 Å². The molecular formula is C11H20N2O2S. The van der Waals surface area contributed by atoms with E-state index >= 15 is 0 Å². The minimum atomic E-state index is -1.65. The van der Waals surface area contributed by atoms with Crippen molar-refractivity contribution in [3.63, 3.8) is 0 Å². The van der Waals surface area contributed by atoms with Gasteiger partial charge in [-0.1, -0.05) is 19.9 Å². The Kier molecular flexibility index (Phi) is 5.75. The molecule has 5 heteroatoms. The van der Waals surface area contributed by atoms with E-state index in [9.17, 15) is 9.00 Å². The van der Waals surface area contributed by atoms with Crippen LogP contribution in [0.5, 0.6) is 0 Å². The molecule has 0 aromatic rings. The van der Waals surface area contributed by atoms with Crippen molar-refractivity contribution < 1.29 is 9.00 Å².